The molecular formula is C14H14N6O4. The lowest BCUT2D eigenvalue weighted by Gasteiger charge is -2.09. The van der Waals surface area contributed by atoms with E-state index >= 15 is 0 Å². The SMILES string of the molecule is COCc1cc(C)nc(NN=Cc2c(O)[nH]c(=O)[nH]c2=O)c1C#N. The molecule has 124 valence electrons. The molecule has 0 aliphatic rings. The first-order valence-electron chi connectivity index (χ1n) is 6.70. The Labute approximate surface area is 135 Å². The van der Waals surface area contributed by atoms with Gasteiger partial charge in [-0.25, -0.2) is 9.78 Å². The van der Waals surface area contributed by atoms with Gasteiger partial charge in [0, 0.05) is 18.4 Å². The molecule has 10 nitrogen and oxygen atoms in total. The Morgan fingerprint density at radius 3 is 2.88 bits per heavy atom. The number of aryl methyl sites for hydroxylation is 1. The summed E-state index contributed by atoms with van der Waals surface area (Å²) in [6.07, 6.45) is 1.01. The minimum atomic E-state index is -0.834. The van der Waals surface area contributed by atoms with Crippen molar-refractivity contribution in [2.75, 3.05) is 12.5 Å². The van der Waals surface area contributed by atoms with Crippen molar-refractivity contribution in [3.63, 3.8) is 0 Å². The second-order valence-corrected chi connectivity index (χ2v) is 4.73. The molecule has 0 radical (unpaired) electrons. The number of hydrazone groups is 1. The number of pyridine rings is 1. The topological polar surface area (TPSA) is 156 Å². The van der Waals surface area contributed by atoms with Gasteiger partial charge in [-0.05, 0) is 13.0 Å². The van der Waals surface area contributed by atoms with Gasteiger partial charge in [0.15, 0.2) is 5.82 Å². The van der Waals surface area contributed by atoms with Crippen molar-refractivity contribution >= 4 is 12.0 Å². The summed E-state index contributed by atoms with van der Waals surface area (Å²) in [5, 5.41) is 22.6. The highest BCUT2D eigenvalue weighted by Gasteiger charge is 2.11. The summed E-state index contributed by atoms with van der Waals surface area (Å²) >= 11 is 0. The maximum Gasteiger partial charge on any atom is 0.328 e. The molecule has 0 atom stereocenters. The standard InChI is InChI=1S/C14H14N6O4/c1-7-3-8(6-24-2)9(4-15)11(17-7)20-16-5-10-12(21)18-14(23)19-13(10)22/h3,5H,6H2,1-2H3,(H,17,20)(H3,18,19,21,22,23). The number of nitrogens with one attached hydrogen (secondary N) is 3. The normalized spacial score (nSPS) is 10.7. The molecule has 0 aliphatic carbocycles. The number of hydrogen-bond acceptors (Lipinski definition) is 8. The summed E-state index contributed by atoms with van der Waals surface area (Å²) in [6.45, 7) is 1.97. The molecule has 0 aromatic carbocycles. The van der Waals surface area contributed by atoms with E-state index in [2.05, 4.69) is 15.5 Å². The van der Waals surface area contributed by atoms with Gasteiger partial charge in [0.1, 0.15) is 17.2 Å². The number of rotatable bonds is 5. The maximum absolute atomic E-state index is 11.6. The molecule has 0 saturated heterocycles. The van der Waals surface area contributed by atoms with Gasteiger partial charge in [0.25, 0.3) is 5.56 Å². The lowest BCUT2D eigenvalue weighted by molar-refractivity contribution is 0.184. The molecule has 0 saturated carbocycles. The molecule has 0 fully saturated rings. The molecule has 0 spiro atoms. The number of methoxy groups -OCH3 is 1. The van der Waals surface area contributed by atoms with Crippen LogP contribution in [0.3, 0.4) is 0 Å². The van der Waals surface area contributed by atoms with Crippen LogP contribution in [-0.2, 0) is 11.3 Å². The van der Waals surface area contributed by atoms with E-state index in [0.29, 0.717) is 11.3 Å². The zero-order chi connectivity index (χ0) is 17.7. The Hall–Kier alpha value is -3.45. The van der Waals surface area contributed by atoms with Gasteiger partial charge in [-0.3, -0.25) is 20.2 Å². The molecule has 10 heteroatoms. The molecule has 0 unspecified atom stereocenters. The fraction of sp³-hybridized carbons (Fsp3) is 0.214. The van der Waals surface area contributed by atoms with Crippen LogP contribution in [0.15, 0.2) is 20.8 Å². The van der Waals surface area contributed by atoms with Gasteiger partial charge < -0.3 is 9.84 Å². The van der Waals surface area contributed by atoms with Gasteiger partial charge in [0.05, 0.1) is 12.8 Å². The Morgan fingerprint density at radius 1 is 1.50 bits per heavy atom. The Balaban J connectivity index is 2.35. The number of aromatic nitrogens is 3. The van der Waals surface area contributed by atoms with Crippen molar-refractivity contribution in [2.45, 2.75) is 13.5 Å². The number of nitriles is 1. The monoisotopic (exact) mass is 330 g/mol. The van der Waals surface area contributed by atoms with Crippen molar-refractivity contribution in [3.8, 4) is 11.9 Å². The highest BCUT2D eigenvalue weighted by Crippen LogP contribution is 2.19. The van der Waals surface area contributed by atoms with Crippen LogP contribution in [-0.4, -0.2) is 33.4 Å². The first-order valence-corrected chi connectivity index (χ1v) is 6.70. The van der Waals surface area contributed by atoms with Crippen LogP contribution in [0.5, 0.6) is 5.88 Å². The fourth-order valence-corrected chi connectivity index (χ4v) is 1.98. The molecule has 2 rings (SSSR count). The lowest BCUT2D eigenvalue weighted by Crippen LogP contribution is -2.25. The van der Waals surface area contributed by atoms with E-state index in [-0.39, 0.29) is 23.6 Å². The van der Waals surface area contributed by atoms with Crippen molar-refractivity contribution in [1.82, 2.24) is 15.0 Å². The third kappa shape index (κ3) is 3.65. The van der Waals surface area contributed by atoms with E-state index < -0.39 is 17.1 Å². The summed E-state index contributed by atoms with van der Waals surface area (Å²) in [5.41, 5.74) is 2.19. The third-order valence-electron chi connectivity index (χ3n) is 2.96. The van der Waals surface area contributed by atoms with E-state index in [9.17, 15) is 20.0 Å². The average Bonchev–Trinajstić information content (AvgIpc) is 2.50. The first-order chi connectivity index (χ1) is 11.5. The first kappa shape index (κ1) is 16.9. The second-order valence-electron chi connectivity index (χ2n) is 4.73. The maximum atomic E-state index is 11.6. The molecule has 24 heavy (non-hydrogen) atoms. The zero-order valence-corrected chi connectivity index (χ0v) is 12.9. The van der Waals surface area contributed by atoms with Gasteiger partial charge in [0.2, 0.25) is 5.88 Å². The molecule has 2 heterocycles. The number of aromatic amines is 2. The predicted molar refractivity (Wildman–Crippen MR) is 85.0 cm³/mol. The molecule has 0 bridgehead atoms. The third-order valence-corrected chi connectivity index (χ3v) is 2.96. The minimum Gasteiger partial charge on any atom is -0.494 e. The van der Waals surface area contributed by atoms with Crippen LogP contribution in [0.1, 0.15) is 22.4 Å². The highest BCUT2D eigenvalue weighted by molar-refractivity contribution is 5.82. The minimum absolute atomic E-state index is 0.182. The number of nitrogens with zero attached hydrogens (tertiary/aromatic N) is 3. The Kier molecular flexibility index (Phi) is 5.08. The van der Waals surface area contributed by atoms with Crippen LogP contribution < -0.4 is 16.7 Å². The summed E-state index contributed by atoms with van der Waals surface area (Å²) in [5.74, 6) is -0.437. The lowest BCUT2D eigenvalue weighted by atomic mass is 10.1. The van der Waals surface area contributed by atoms with E-state index in [1.165, 1.54) is 7.11 Å². The summed E-state index contributed by atoms with van der Waals surface area (Å²) < 4.78 is 5.04. The largest absolute Gasteiger partial charge is 0.494 e. The average molecular weight is 330 g/mol. The second kappa shape index (κ2) is 7.21. The van der Waals surface area contributed by atoms with Crippen molar-refractivity contribution in [2.24, 2.45) is 5.10 Å². The van der Waals surface area contributed by atoms with Gasteiger partial charge in [-0.1, -0.05) is 0 Å². The molecular weight excluding hydrogens is 316 g/mol. The molecule has 2 aromatic rings. The van der Waals surface area contributed by atoms with Crippen LogP contribution >= 0.6 is 0 Å². The van der Waals surface area contributed by atoms with Gasteiger partial charge >= 0.3 is 5.69 Å². The predicted octanol–water partition coefficient (Wildman–Crippen LogP) is -0.0637. The van der Waals surface area contributed by atoms with E-state index in [1.54, 1.807) is 13.0 Å². The van der Waals surface area contributed by atoms with Crippen LogP contribution in [0.4, 0.5) is 5.82 Å². The Morgan fingerprint density at radius 2 is 2.25 bits per heavy atom. The molecule has 4 N–H and O–H groups in total. The number of anilines is 1. The van der Waals surface area contributed by atoms with Gasteiger partial charge in [-0.15, -0.1) is 0 Å². The number of aromatic hydroxyl groups is 1. The molecule has 0 amide bonds. The van der Waals surface area contributed by atoms with Crippen LogP contribution in [0, 0.1) is 18.3 Å². The highest BCUT2D eigenvalue weighted by atomic mass is 16.5. The fourth-order valence-electron chi connectivity index (χ4n) is 1.98. The van der Waals surface area contributed by atoms with Crippen molar-refractivity contribution in [3.05, 3.63) is 49.3 Å². The van der Waals surface area contributed by atoms with Gasteiger partial charge in [-0.2, -0.15) is 10.4 Å². The van der Waals surface area contributed by atoms with Crippen LogP contribution in [0.25, 0.3) is 0 Å². The van der Waals surface area contributed by atoms with Crippen LogP contribution in [0.2, 0.25) is 0 Å². The quantitative estimate of drug-likeness (QED) is 0.441. The summed E-state index contributed by atoms with van der Waals surface area (Å²) in [4.78, 5) is 30.7. The Bertz CT molecular complexity index is 938. The smallest absolute Gasteiger partial charge is 0.328 e. The number of hydrogen-bond donors (Lipinski definition) is 4. The summed E-state index contributed by atoms with van der Waals surface area (Å²) in [6, 6.07) is 3.73. The zero-order valence-electron chi connectivity index (χ0n) is 12.9. The van der Waals surface area contributed by atoms with Crippen molar-refractivity contribution < 1.29 is 9.84 Å². The molecule has 0 aliphatic heterocycles. The van der Waals surface area contributed by atoms with E-state index in [1.807, 2.05) is 16.0 Å². The number of H-pyrrole nitrogens is 2. The van der Waals surface area contributed by atoms with Crippen molar-refractivity contribution in [1.29, 1.82) is 5.26 Å². The van der Waals surface area contributed by atoms with E-state index in [0.717, 1.165) is 6.21 Å². The summed E-state index contributed by atoms with van der Waals surface area (Å²) in [7, 11) is 1.51. The number of ether oxygens (including phenoxy) is 1. The molecule has 2 aromatic heterocycles. The van der Waals surface area contributed by atoms with E-state index in [4.69, 9.17) is 4.74 Å².